The fraction of sp³-hybridized carbons (Fsp3) is 0.909. The fourth-order valence-corrected chi connectivity index (χ4v) is 2.44. The average Bonchev–Trinajstić information content (AvgIpc) is 2.31. The molecule has 0 rings (SSSR count). The third-order valence-corrected chi connectivity index (χ3v) is 3.77. The molecule has 0 heterocycles. The van der Waals surface area contributed by atoms with Gasteiger partial charge in [-0.3, -0.25) is 4.79 Å². The quantitative estimate of drug-likeness (QED) is 0.222. The molecule has 0 amide bonds. The number of carbonyl (C=O) groups excluding carboxylic acids is 1. The van der Waals surface area contributed by atoms with Gasteiger partial charge in [0.2, 0.25) is 0 Å². The molecule has 24 heavy (non-hydrogen) atoms. The van der Waals surface area contributed by atoms with E-state index in [1.54, 1.807) is 0 Å². The number of esters is 1. The van der Waals surface area contributed by atoms with Gasteiger partial charge in [0.15, 0.2) is 0 Å². The molecule has 2 atom stereocenters. The molecule has 0 aromatic heterocycles. The van der Waals surface area contributed by atoms with E-state index in [1.807, 2.05) is 0 Å². The molecule has 0 spiro atoms. The van der Waals surface area contributed by atoms with Crippen molar-refractivity contribution in [2.45, 2.75) is 47.9 Å². The van der Waals surface area contributed by atoms with Crippen LogP contribution in [0.1, 0.15) is 19.8 Å². The van der Waals surface area contributed by atoms with E-state index in [4.69, 9.17) is 0 Å². The normalized spacial score (nSPS) is 16.7. The summed E-state index contributed by atoms with van der Waals surface area (Å²) in [7, 11) is 0. The van der Waals surface area contributed by atoms with Crippen LogP contribution >= 0.6 is 22.6 Å². The third kappa shape index (κ3) is 6.43. The molecule has 0 aliphatic carbocycles. The van der Waals surface area contributed by atoms with Crippen LogP contribution in [0.2, 0.25) is 0 Å². The second kappa shape index (κ2) is 7.81. The van der Waals surface area contributed by atoms with Crippen LogP contribution in [-0.4, -0.2) is 40.7 Å². The van der Waals surface area contributed by atoms with E-state index in [9.17, 15) is 48.7 Å². The first-order valence-corrected chi connectivity index (χ1v) is 7.33. The minimum Gasteiger partial charge on any atom is -0.465 e. The summed E-state index contributed by atoms with van der Waals surface area (Å²) in [4.78, 5) is 10.5. The Morgan fingerprint density at radius 1 is 0.958 bits per heavy atom. The zero-order valence-electron chi connectivity index (χ0n) is 11.8. The highest BCUT2D eigenvalue weighted by atomic mass is 127. The first-order valence-electron chi connectivity index (χ1n) is 6.08. The zero-order valence-corrected chi connectivity index (χ0v) is 13.9. The zero-order chi connectivity index (χ0) is 19.6. The van der Waals surface area contributed by atoms with E-state index in [-0.39, 0.29) is 0 Å². The van der Waals surface area contributed by atoms with Gasteiger partial charge in [0.05, 0.1) is 5.92 Å². The summed E-state index contributed by atoms with van der Waals surface area (Å²) in [6.45, 7) is 0.240. The summed E-state index contributed by atoms with van der Waals surface area (Å²) in [5.74, 6) is -4.13. The summed E-state index contributed by atoms with van der Waals surface area (Å²) >= 11 is 1.26. The van der Waals surface area contributed by atoms with Gasteiger partial charge >= 0.3 is 24.5 Å². The minimum atomic E-state index is -6.56. The van der Waals surface area contributed by atoms with E-state index in [2.05, 4.69) is 4.74 Å². The van der Waals surface area contributed by atoms with Gasteiger partial charge in [0.25, 0.3) is 5.67 Å². The highest BCUT2D eigenvalue weighted by molar-refractivity contribution is 14.1. The summed E-state index contributed by atoms with van der Waals surface area (Å²) in [6.07, 6.45) is -22.8. The number of carbonyl (C=O) groups is 1. The first-order chi connectivity index (χ1) is 10.4. The fourth-order valence-electron chi connectivity index (χ4n) is 1.65. The van der Waals surface area contributed by atoms with Crippen LogP contribution in [0.4, 0.5) is 43.9 Å². The predicted molar refractivity (Wildman–Crippen MR) is 69.2 cm³/mol. The number of alkyl halides is 11. The molecule has 0 bridgehead atoms. The van der Waals surface area contributed by atoms with E-state index in [0.717, 1.165) is 6.92 Å². The highest BCUT2D eigenvalue weighted by Crippen LogP contribution is 2.52. The maximum Gasteiger partial charge on any atom is 0.431 e. The molecule has 2 unspecified atom stereocenters. The lowest BCUT2D eigenvalue weighted by molar-refractivity contribution is -0.352. The van der Waals surface area contributed by atoms with Gasteiger partial charge in [-0.2, -0.15) is 39.5 Å². The molecule has 0 N–H and O–H groups in total. The Hall–Kier alpha value is -0.500. The molecule has 144 valence electrons. The Bertz CT molecular complexity index is 414. The Morgan fingerprint density at radius 3 is 1.67 bits per heavy atom. The lowest BCUT2D eigenvalue weighted by Crippen LogP contribution is -2.55. The molecule has 0 fully saturated rings. The Labute approximate surface area is 143 Å². The maximum absolute atomic E-state index is 13.5. The summed E-state index contributed by atoms with van der Waals surface area (Å²) in [6, 6.07) is 0. The van der Waals surface area contributed by atoms with Gasteiger partial charge in [-0.15, -0.1) is 0 Å². The molecule has 0 aliphatic heterocycles. The third-order valence-electron chi connectivity index (χ3n) is 2.90. The van der Waals surface area contributed by atoms with Gasteiger partial charge in [-0.1, -0.05) is 22.6 Å². The van der Waals surface area contributed by atoms with Crippen molar-refractivity contribution in [1.29, 1.82) is 0 Å². The highest BCUT2D eigenvalue weighted by Gasteiger charge is 2.73. The average molecular weight is 492 g/mol. The van der Waals surface area contributed by atoms with Gasteiger partial charge in [0.1, 0.15) is 6.61 Å². The summed E-state index contributed by atoms with van der Waals surface area (Å²) < 4.78 is 129. The van der Waals surface area contributed by atoms with Crippen molar-refractivity contribution in [3.8, 4) is 0 Å². The Morgan fingerprint density at radius 2 is 1.38 bits per heavy atom. The van der Waals surface area contributed by atoms with E-state index >= 15 is 0 Å². The van der Waals surface area contributed by atoms with Crippen LogP contribution in [-0.2, 0) is 9.53 Å². The van der Waals surface area contributed by atoms with Crippen LogP contribution in [0.15, 0.2) is 0 Å². The van der Waals surface area contributed by atoms with Gasteiger partial charge in [0, 0.05) is 17.3 Å². The van der Waals surface area contributed by atoms with Crippen molar-refractivity contribution in [2.24, 2.45) is 5.92 Å². The second-order valence-electron chi connectivity index (χ2n) is 4.87. The Kier molecular flexibility index (Phi) is 7.64. The van der Waals surface area contributed by atoms with E-state index in [1.165, 1.54) is 22.6 Å². The van der Waals surface area contributed by atoms with Crippen molar-refractivity contribution in [1.82, 2.24) is 0 Å². The molecule has 0 aromatic carbocycles. The predicted octanol–water partition coefficient (Wildman–Crippen LogP) is 5.14. The molecule has 0 saturated heterocycles. The van der Waals surface area contributed by atoms with Crippen LogP contribution in [0.25, 0.3) is 0 Å². The number of ether oxygens (including phenoxy) is 1. The standard InChI is InChI=1S/C11H11F10IO2/c1-5(23)24-4-7(22)2-6(9(13,14)15)3-8(12,10(16,17)18)11(19,20)21/h6-7H,2-4H2,1H3. The number of rotatable bonds is 6. The topological polar surface area (TPSA) is 26.3 Å². The lowest BCUT2D eigenvalue weighted by Gasteiger charge is -2.34. The van der Waals surface area contributed by atoms with Crippen molar-refractivity contribution in [3.63, 3.8) is 0 Å². The largest absolute Gasteiger partial charge is 0.465 e. The lowest BCUT2D eigenvalue weighted by atomic mass is 9.87. The van der Waals surface area contributed by atoms with E-state index < -0.39 is 59.5 Å². The first kappa shape index (κ1) is 23.5. The molecule has 0 aromatic rings. The number of hydrogen-bond donors (Lipinski definition) is 0. The molecule has 2 nitrogen and oxygen atoms in total. The summed E-state index contributed by atoms with van der Waals surface area (Å²) in [5, 5.41) is 0. The van der Waals surface area contributed by atoms with Crippen molar-refractivity contribution in [2.75, 3.05) is 6.61 Å². The molecular formula is C11H11F10IO2. The number of hydrogen-bond acceptors (Lipinski definition) is 2. The molecule has 0 radical (unpaired) electrons. The number of halogens is 11. The van der Waals surface area contributed by atoms with Gasteiger partial charge in [-0.05, 0) is 6.42 Å². The summed E-state index contributed by atoms with van der Waals surface area (Å²) in [5.41, 5.74) is -6.00. The van der Waals surface area contributed by atoms with Crippen molar-refractivity contribution >= 4 is 28.6 Å². The van der Waals surface area contributed by atoms with Crippen LogP contribution in [0.3, 0.4) is 0 Å². The maximum atomic E-state index is 13.5. The Balaban J connectivity index is 5.44. The molecule has 0 aliphatic rings. The molecule has 13 heteroatoms. The van der Waals surface area contributed by atoms with Crippen LogP contribution < -0.4 is 0 Å². The van der Waals surface area contributed by atoms with Gasteiger partial charge < -0.3 is 4.74 Å². The second-order valence-corrected chi connectivity index (χ2v) is 6.64. The molecular weight excluding hydrogens is 481 g/mol. The monoisotopic (exact) mass is 492 g/mol. The molecule has 0 saturated carbocycles. The minimum absolute atomic E-state index is 0.667. The SMILES string of the molecule is CC(=O)OCC(I)CC(CC(F)(C(F)(F)F)C(F)(F)F)C(F)(F)F. The van der Waals surface area contributed by atoms with E-state index in [0.29, 0.717) is 0 Å². The van der Waals surface area contributed by atoms with Crippen LogP contribution in [0, 0.1) is 5.92 Å². The smallest absolute Gasteiger partial charge is 0.431 e. The van der Waals surface area contributed by atoms with Crippen LogP contribution in [0.5, 0.6) is 0 Å². The van der Waals surface area contributed by atoms with Gasteiger partial charge in [-0.25, -0.2) is 4.39 Å². The van der Waals surface area contributed by atoms with Crippen molar-refractivity contribution < 1.29 is 53.4 Å². The van der Waals surface area contributed by atoms with Crippen molar-refractivity contribution in [3.05, 3.63) is 0 Å².